The predicted molar refractivity (Wildman–Crippen MR) is 209 cm³/mol. The van der Waals surface area contributed by atoms with Gasteiger partial charge in [-0.3, -0.25) is 0 Å². The fourth-order valence-electron chi connectivity index (χ4n) is 7.48. The molecule has 0 atom stereocenters. The lowest BCUT2D eigenvalue weighted by atomic mass is 9.96. The van der Waals surface area contributed by atoms with Gasteiger partial charge in [-0.2, -0.15) is 0 Å². The van der Waals surface area contributed by atoms with E-state index >= 15 is 0 Å². The highest BCUT2D eigenvalue weighted by molar-refractivity contribution is 7.26. The molecule has 0 N–H and O–H groups in total. The van der Waals surface area contributed by atoms with E-state index in [1.807, 2.05) is 11.3 Å². The summed E-state index contributed by atoms with van der Waals surface area (Å²) in [5.41, 5.74) is 5.83. The van der Waals surface area contributed by atoms with E-state index in [9.17, 15) is 0 Å². The minimum atomic E-state index is 1.13. The summed E-state index contributed by atoms with van der Waals surface area (Å²) in [6.45, 7) is 0. The number of hydrogen-bond donors (Lipinski definition) is 0. The SMILES string of the molecule is c1ccc(-c2ccc(N(c3ccc4c(ccc5c6ccccc6sc45)c3)c3ccc4c(ccc5ccc6ccccc6c54)c3)cc2)cc1. The summed E-state index contributed by atoms with van der Waals surface area (Å²) in [4.78, 5) is 2.40. The molecule has 48 heavy (non-hydrogen) atoms. The number of thiophene rings is 1. The van der Waals surface area contributed by atoms with Crippen molar-refractivity contribution in [3.63, 3.8) is 0 Å². The van der Waals surface area contributed by atoms with Crippen molar-refractivity contribution in [3.8, 4) is 11.1 Å². The third kappa shape index (κ3) is 4.31. The van der Waals surface area contributed by atoms with Crippen LogP contribution in [0.25, 0.3) is 74.4 Å². The van der Waals surface area contributed by atoms with Crippen LogP contribution >= 0.6 is 11.3 Å². The molecule has 224 valence electrons. The van der Waals surface area contributed by atoms with Gasteiger partial charge in [0.15, 0.2) is 0 Å². The molecule has 10 rings (SSSR count). The number of nitrogens with zero attached hydrogens (tertiary/aromatic N) is 1. The summed E-state index contributed by atoms with van der Waals surface area (Å²) in [6, 6.07) is 64.5. The Balaban J connectivity index is 1.17. The molecular formula is C46H29NS. The standard InChI is InChI=1S/C46H29NS/c1-2-8-30(9-3-1)31-18-21-36(22-19-31)47(38-24-27-41-35(29-38)20-25-43-42-12-6-7-13-44(42)48-46(41)43)37-23-26-40-34(28-37)17-16-33-15-14-32-10-4-5-11-39(32)45(33)40/h1-29H. The topological polar surface area (TPSA) is 3.24 Å². The number of fused-ring (bicyclic) bond motifs is 10. The van der Waals surface area contributed by atoms with Crippen LogP contribution in [0.15, 0.2) is 176 Å². The highest BCUT2D eigenvalue weighted by atomic mass is 32.1. The van der Waals surface area contributed by atoms with Crippen molar-refractivity contribution in [1.29, 1.82) is 0 Å². The van der Waals surface area contributed by atoms with Crippen LogP contribution in [0, 0.1) is 0 Å². The van der Waals surface area contributed by atoms with Crippen LogP contribution in [-0.2, 0) is 0 Å². The summed E-state index contributed by atoms with van der Waals surface area (Å²) in [5.74, 6) is 0. The molecule has 10 aromatic rings. The summed E-state index contributed by atoms with van der Waals surface area (Å²) in [7, 11) is 0. The van der Waals surface area contributed by atoms with Gasteiger partial charge in [0.25, 0.3) is 0 Å². The zero-order valence-corrected chi connectivity index (χ0v) is 26.9. The second-order valence-electron chi connectivity index (χ2n) is 12.6. The third-order valence-corrected chi connectivity index (χ3v) is 11.0. The molecule has 0 aliphatic heterocycles. The van der Waals surface area contributed by atoms with Crippen LogP contribution in [0.1, 0.15) is 0 Å². The molecule has 9 aromatic carbocycles. The van der Waals surface area contributed by atoms with E-state index in [-0.39, 0.29) is 0 Å². The monoisotopic (exact) mass is 627 g/mol. The molecule has 0 radical (unpaired) electrons. The van der Waals surface area contributed by atoms with Gasteiger partial charge in [0, 0.05) is 37.2 Å². The van der Waals surface area contributed by atoms with Crippen LogP contribution in [0.2, 0.25) is 0 Å². The molecule has 1 aromatic heterocycles. The molecule has 0 aliphatic rings. The van der Waals surface area contributed by atoms with Crippen molar-refractivity contribution in [2.45, 2.75) is 0 Å². The Morgan fingerprint density at radius 3 is 1.69 bits per heavy atom. The fraction of sp³-hybridized carbons (Fsp3) is 0. The summed E-state index contributed by atoms with van der Waals surface area (Å²) < 4.78 is 2.68. The molecule has 0 saturated heterocycles. The quantitative estimate of drug-likeness (QED) is 0.176. The molecule has 1 heterocycles. The van der Waals surface area contributed by atoms with Gasteiger partial charge >= 0.3 is 0 Å². The van der Waals surface area contributed by atoms with E-state index in [0.29, 0.717) is 0 Å². The Bertz CT molecular complexity index is 2830. The molecule has 0 bridgehead atoms. The van der Waals surface area contributed by atoms with E-state index in [4.69, 9.17) is 0 Å². The van der Waals surface area contributed by atoms with Crippen molar-refractivity contribution in [1.82, 2.24) is 0 Å². The Morgan fingerprint density at radius 2 is 0.875 bits per heavy atom. The first-order valence-electron chi connectivity index (χ1n) is 16.4. The number of benzene rings is 9. The van der Waals surface area contributed by atoms with Gasteiger partial charge in [-0.1, -0.05) is 133 Å². The van der Waals surface area contributed by atoms with E-state index < -0.39 is 0 Å². The Hall–Kier alpha value is -5.96. The third-order valence-electron chi connectivity index (χ3n) is 9.80. The summed E-state index contributed by atoms with van der Waals surface area (Å²) >= 11 is 1.89. The van der Waals surface area contributed by atoms with Crippen molar-refractivity contribution in [3.05, 3.63) is 176 Å². The van der Waals surface area contributed by atoms with Gasteiger partial charge in [-0.25, -0.2) is 0 Å². The molecule has 0 amide bonds. The van der Waals surface area contributed by atoms with Gasteiger partial charge in [0.1, 0.15) is 0 Å². The first-order valence-corrected chi connectivity index (χ1v) is 17.2. The maximum absolute atomic E-state index is 2.40. The highest BCUT2D eigenvalue weighted by Crippen LogP contribution is 2.43. The minimum absolute atomic E-state index is 1.13. The molecule has 0 unspecified atom stereocenters. The molecule has 0 aliphatic carbocycles. The van der Waals surface area contributed by atoms with Gasteiger partial charge in [0.2, 0.25) is 0 Å². The maximum Gasteiger partial charge on any atom is 0.0468 e. The average molecular weight is 628 g/mol. The molecule has 2 heteroatoms. The van der Waals surface area contributed by atoms with Crippen molar-refractivity contribution in [2.24, 2.45) is 0 Å². The van der Waals surface area contributed by atoms with Gasteiger partial charge < -0.3 is 4.90 Å². The first kappa shape index (κ1) is 27.2. The van der Waals surface area contributed by atoms with Crippen molar-refractivity contribution >= 4 is 91.7 Å². The second kappa shape index (κ2) is 10.8. The lowest BCUT2D eigenvalue weighted by Gasteiger charge is -2.26. The van der Waals surface area contributed by atoms with Gasteiger partial charge in [0.05, 0.1) is 0 Å². The Labute approximate surface area is 282 Å². The molecule has 0 fully saturated rings. The van der Waals surface area contributed by atoms with E-state index in [0.717, 1.165) is 17.1 Å². The van der Waals surface area contributed by atoms with Crippen LogP contribution in [0.5, 0.6) is 0 Å². The number of anilines is 3. The molecule has 1 nitrogen and oxygen atoms in total. The van der Waals surface area contributed by atoms with Gasteiger partial charge in [-0.15, -0.1) is 11.3 Å². The first-order chi connectivity index (χ1) is 23.8. The van der Waals surface area contributed by atoms with Crippen molar-refractivity contribution < 1.29 is 0 Å². The second-order valence-corrected chi connectivity index (χ2v) is 13.6. The zero-order valence-electron chi connectivity index (χ0n) is 26.1. The summed E-state index contributed by atoms with van der Waals surface area (Å²) in [5, 5.41) is 12.9. The normalized spacial score (nSPS) is 11.8. The van der Waals surface area contributed by atoms with Crippen molar-refractivity contribution in [2.75, 3.05) is 4.90 Å². The highest BCUT2D eigenvalue weighted by Gasteiger charge is 2.17. The van der Waals surface area contributed by atoms with Crippen LogP contribution < -0.4 is 4.90 Å². The largest absolute Gasteiger partial charge is 0.310 e. The maximum atomic E-state index is 2.40. The lowest BCUT2D eigenvalue weighted by molar-refractivity contribution is 1.29. The van der Waals surface area contributed by atoms with E-state index in [2.05, 4.69) is 181 Å². The van der Waals surface area contributed by atoms with Crippen LogP contribution in [0.3, 0.4) is 0 Å². The Kier molecular flexibility index (Phi) is 6.12. The zero-order chi connectivity index (χ0) is 31.6. The van der Waals surface area contributed by atoms with E-state index in [1.165, 1.54) is 74.4 Å². The lowest BCUT2D eigenvalue weighted by Crippen LogP contribution is -2.10. The average Bonchev–Trinajstić information content (AvgIpc) is 3.54. The van der Waals surface area contributed by atoms with Crippen LogP contribution in [-0.4, -0.2) is 0 Å². The smallest absolute Gasteiger partial charge is 0.0468 e. The Morgan fingerprint density at radius 1 is 0.333 bits per heavy atom. The number of rotatable bonds is 4. The van der Waals surface area contributed by atoms with E-state index in [1.54, 1.807) is 0 Å². The predicted octanol–water partition coefficient (Wildman–Crippen LogP) is 13.8. The molecule has 0 spiro atoms. The number of hydrogen-bond acceptors (Lipinski definition) is 2. The minimum Gasteiger partial charge on any atom is -0.310 e. The van der Waals surface area contributed by atoms with Crippen LogP contribution in [0.4, 0.5) is 17.1 Å². The summed E-state index contributed by atoms with van der Waals surface area (Å²) in [6.07, 6.45) is 0. The van der Waals surface area contributed by atoms with Gasteiger partial charge in [-0.05, 0) is 96.7 Å². The fourth-order valence-corrected chi connectivity index (χ4v) is 8.72. The molecular weight excluding hydrogens is 599 g/mol. The molecule has 0 saturated carbocycles.